The number of hydrazine groups is 1. The Labute approximate surface area is 184 Å². The number of urea groups is 1. The van der Waals surface area contributed by atoms with Crippen molar-refractivity contribution >= 4 is 38.9 Å². The summed E-state index contributed by atoms with van der Waals surface area (Å²) < 4.78 is 28.3. The van der Waals surface area contributed by atoms with Gasteiger partial charge in [0, 0.05) is 24.2 Å². The van der Waals surface area contributed by atoms with Crippen LogP contribution in [0.2, 0.25) is 0 Å². The Hall–Kier alpha value is -2.96. The van der Waals surface area contributed by atoms with Crippen LogP contribution in [0.4, 0.5) is 4.79 Å². The lowest BCUT2D eigenvalue weighted by atomic mass is 10.3. The minimum Gasteiger partial charge on any atom is -0.332 e. The van der Waals surface area contributed by atoms with Gasteiger partial charge in [-0.1, -0.05) is 19.9 Å². The number of aryl methyl sites for hydroxylation is 1. The third kappa shape index (κ3) is 4.86. The van der Waals surface area contributed by atoms with E-state index in [-0.39, 0.29) is 10.8 Å². The van der Waals surface area contributed by atoms with Crippen molar-refractivity contribution in [2.24, 2.45) is 0 Å². The van der Waals surface area contributed by atoms with E-state index in [2.05, 4.69) is 21.2 Å². The second kappa shape index (κ2) is 9.45. The third-order valence-corrected chi connectivity index (χ3v) is 8.17. The highest BCUT2D eigenvalue weighted by Gasteiger charge is 2.23. The molecule has 0 aliphatic carbocycles. The number of carbonyl (C=O) groups is 2. The SMILES string of the molecule is CCN(CC)S(=O)(=O)c1ccc(CNC(=O)NNC(=O)c2c(C)nc3ccccn23)s1. The molecule has 3 rings (SSSR count). The van der Waals surface area contributed by atoms with Crippen LogP contribution in [0.5, 0.6) is 0 Å². The van der Waals surface area contributed by atoms with Gasteiger partial charge < -0.3 is 5.32 Å². The smallest absolute Gasteiger partial charge is 0.332 e. The summed E-state index contributed by atoms with van der Waals surface area (Å²) in [5.74, 6) is -0.505. The van der Waals surface area contributed by atoms with E-state index < -0.39 is 22.0 Å². The van der Waals surface area contributed by atoms with E-state index in [0.29, 0.717) is 35.0 Å². The molecule has 3 N–H and O–H groups in total. The van der Waals surface area contributed by atoms with E-state index >= 15 is 0 Å². The molecular weight excluding hydrogens is 440 g/mol. The second-order valence-electron chi connectivity index (χ2n) is 6.55. The number of rotatable bonds is 7. The minimum atomic E-state index is -3.53. The van der Waals surface area contributed by atoms with Gasteiger partial charge in [-0.05, 0) is 31.2 Å². The fourth-order valence-corrected chi connectivity index (χ4v) is 5.96. The van der Waals surface area contributed by atoms with Gasteiger partial charge in [0.25, 0.3) is 15.9 Å². The molecule has 3 heterocycles. The standard InChI is InChI=1S/C19H24N6O4S2/c1-4-24(5-2)31(28,29)16-10-9-14(30-16)12-20-19(27)23-22-18(26)17-13(3)21-15-8-6-7-11-25(15)17/h6-11H,4-5,12H2,1-3H3,(H,22,26)(H2,20,23,27). The highest BCUT2D eigenvalue weighted by molar-refractivity contribution is 7.91. The monoisotopic (exact) mass is 464 g/mol. The predicted molar refractivity (Wildman–Crippen MR) is 117 cm³/mol. The Morgan fingerprint density at radius 2 is 1.87 bits per heavy atom. The van der Waals surface area contributed by atoms with Crippen LogP contribution in [0.1, 0.15) is 34.9 Å². The van der Waals surface area contributed by atoms with Crippen molar-refractivity contribution in [3.05, 3.63) is 52.8 Å². The van der Waals surface area contributed by atoms with Crippen molar-refractivity contribution in [3.8, 4) is 0 Å². The van der Waals surface area contributed by atoms with Crippen LogP contribution < -0.4 is 16.2 Å². The van der Waals surface area contributed by atoms with Gasteiger partial charge in [0.05, 0.1) is 12.2 Å². The molecule has 0 saturated heterocycles. The summed E-state index contributed by atoms with van der Waals surface area (Å²) in [5.41, 5.74) is 6.13. The Bertz CT molecular complexity index is 1200. The molecule has 0 saturated carbocycles. The van der Waals surface area contributed by atoms with Crippen LogP contribution in [0.15, 0.2) is 40.7 Å². The second-order valence-corrected chi connectivity index (χ2v) is 9.88. The molecule has 166 valence electrons. The summed E-state index contributed by atoms with van der Waals surface area (Å²) in [6.07, 6.45) is 1.71. The lowest BCUT2D eigenvalue weighted by molar-refractivity contribution is 0.0929. The van der Waals surface area contributed by atoms with E-state index in [9.17, 15) is 18.0 Å². The summed E-state index contributed by atoms with van der Waals surface area (Å²) in [6.45, 7) is 6.17. The zero-order valence-electron chi connectivity index (χ0n) is 17.4. The van der Waals surface area contributed by atoms with Gasteiger partial charge in [-0.2, -0.15) is 4.31 Å². The molecule has 0 fully saturated rings. The number of aromatic nitrogens is 2. The first-order valence-electron chi connectivity index (χ1n) is 9.64. The largest absolute Gasteiger partial charge is 0.333 e. The lowest BCUT2D eigenvalue weighted by Crippen LogP contribution is -2.47. The summed E-state index contributed by atoms with van der Waals surface area (Å²) >= 11 is 1.10. The van der Waals surface area contributed by atoms with Gasteiger partial charge in [-0.3, -0.25) is 14.6 Å². The number of sulfonamides is 1. The fraction of sp³-hybridized carbons (Fsp3) is 0.316. The number of fused-ring (bicyclic) bond motifs is 1. The quantitative estimate of drug-likeness (QED) is 0.461. The van der Waals surface area contributed by atoms with Crippen LogP contribution in [0.3, 0.4) is 0 Å². The highest BCUT2D eigenvalue weighted by Crippen LogP contribution is 2.24. The van der Waals surface area contributed by atoms with Crippen LogP contribution in [0.25, 0.3) is 5.65 Å². The van der Waals surface area contributed by atoms with Crippen molar-refractivity contribution in [1.29, 1.82) is 0 Å². The summed E-state index contributed by atoms with van der Waals surface area (Å²) in [6, 6.07) is 7.93. The van der Waals surface area contributed by atoms with E-state index in [1.165, 1.54) is 10.4 Å². The van der Waals surface area contributed by atoms with Gasteiger partial charge in [0.15, 0.2) is 0 Å². The lowest BCUT2D eigenvalue weighted by Gasteiger charge is -2.16. The topological polar surface area (TPSA) is 125 Å². The zero-order valence-corrected chi connectivity index (χ0v) is 19.0. The van der Waals surface area contributed by atoms with Crippen LogP contribution in [-0.2, 0) is 16.6 Å². The molecule has 0 spiro atoms. The molecule has 0 bridgehead atoms. The number of pyridine rings is 1. The van der Waals surface area contributed by atoms with Crippen molar-refractivity contribution in [2.75, 3.05) is 13.1 Å². The molecular formula is C19H24N6O4S2. The molecule has 12 heteroatoms. The first-order chi connectivity index (χ1) is 14.8. The number of hydrogen-bond donors (Lipinski definition) is 3. The van der Waals surface area contributed by atoms with E-state index in [1.807, 2.05) is 6.07 Å². The molecule has 0 unspecified atom stereocenters. The highest BCUT2D eigenvalue weighted by atomic mass is 32.2. The molecule has 0 aliphatic heterocycles. The van der Waals surface area contributed by atoms with Gasteiger partial charge >= 0.3 is 6.03 Å². The number of hydrogen-bond acceptors (Lipinski definition) is 6. The van der Waals surface area contributed by atoms with E-state index in [1.54, 1.807) is 49.6 Å². The number of thiophene rings is 1. The maximum absolute atomic E-state index is 12.5. The molecule has 10 nitrogen and oxygen atoms in total. The van der Waals surface area contributed by atoms with E-state index in [0.717, 1.165) is 11.3 Å². The molecule has 0 radical (unpaired) electrons. The number of imidazole rings is 1. The number of amides is 3. The van der Waals surface area contributed by atoms with Crippen molar-refractivity contribution < 1.29 is 18.0 Å². The predicted octanol–water partition coefficient (Wildman–Crippen LogP) is 1.88. The van der Waals surface area contributed by atoms with Gasteiger partial charge in [0.1, 0.15) is 15.6 Å². The van der Waals surface area contributed by atoms with Crippen LogP contribution in [-0.4, -0.2) is 47.1 Å². The van der Waals surface area contributed by atoms with Gasteiger partial charge in [0.2, 0.25) is 0 Å². The summed E-state index contributed by atoms with van der Waals surface area (Å²) in [7, 11) is -3.53. The zero-order chi connectivity index (χ0) is 22.6. The molecule has 3 aromatic heterocycles. The molecule has 3 aromatic rings. The fourth-order valence-electron chi connectivity index (χ4n) is 3.05. The Morgan fingerprint density at radius 3 is 2.58 bits per heavy atom. The average molecular weight is 465 g/mol. The normalized spacial score (nSPS) is 11.6. The summed E-state index contributed by atoms with van der Waals surface area (Å²) in [4.78, 5) is 29.5. The number of nitrogens with one attached hydrogen (secondary N) is 3. The number of carbonyl (C=O) groups excluding carboxylic acids is 2. The Balaban J connectivity index is 1.56. The van der Waals surface area contributed by atoms with Crippen molar-refractivity contribution in [2.45, 2.75) is 31.5 Å². The molecule has 0 atom stereocenters. The van der Waals surface area contributed by atoms with Gasteiger partial charge in [-0.15, -0.1) is 11.3 Å². The van der Waals surface area contributed by atoms with Crippen molar-refractivity contribution in [1.82, 2.24) is 29.9 Å². The first kappa shape index (κ1) is 22.7. The Morgan fingerprint density at radius 1 is 1.13 bits per heavy atom. The summed E-state index contributed by atoms with van der Waals surface area (Å²) in [5, 5.41) is 2.59. The van der Waals surface area contributed by atoms with Gasteiger partial charge in [-0.25, -0.2) is 23.6 Å². The molecule has 3 amide bonds. The van der Waals surface area contributed by atoms with Crippen LogP contribution >= 0.6 is 11.3 Å². The molecule has 0 aliphatic rings. The number of nitrogens with zero attached hydrogens (tertiary/aromatic N) is 3. The average Bonchev–Trinajstić information content (AvgIpc) is 3.35. The first-order valence-corrected chi connectivity index (χ1v) is 11.9. The van der Waals surface area contributed by atoms with Crippen molar-refractivity contribution in [3.63, 3.8) is 0 Å². The molecule has 0 aromatic carbocycles. The van der Waals surface area contributed by atoms with Crippen LogP contribution in [0, 0.1) is 6.92 Å². The third-order valence-electron chi connectivity index (χ3n) is 4.57. The maximum Gasteiger partial charge on any atom is 0.333 e. The minimum absolute atomic E-state index is 0.120. The maximum atomic E-state index is 12.5. The van der Waals surface area contributed by atoms with E-state index in [4.69, 9.17) is 0 Å². The Kier molecular flexibility index (Phi) is 6.93. The molecule has 31 heavy (non-hydrogen) atoms.